The van der Waals surface area contributed by atoms with Gasteiger partial charge in [0.1, 0.15) is 5.82 Å². The minimum absolute atomic E-state index is 0.0553. The zero-order valence-corrected chi connectivity index (χ0v) is 14.4. The first-order valence-corrected chi connectivity index (χ1v) is 8.46. The number of oxazole rings is 1. The molecule has 0 bridgehead atoms. The van der Waals surface area contributed by atoms with Gasteiger partial charge in [-0.15, -0.1) is 12.6 Å². The summed E-state index contributed by atoms with van der Waals surface area (Å²) in [5, 5.41) is 0. The first kappa shape index (κ1) is 15.5. The number of aromatic nitrogens is 1. The molecule has 2 aromatic carbocycles. The van der Waals surface area contributed by atoms with Crippen molar-refractivity contribution in [1.82, 2.24) is 4.57 Å². The van der Waals surface area contributed by atoms with Gasteiger partial charge >= 0.3 is 5.76 Å². The maximum atomic E-state index is 14.0. The molecule has 0 fully saturated rings. The van der Waals surface area contributed by atoms with Crippen molar-refractivity contribution in [2.24, 2.45) is 0 Å². The van der Waals surface area contributed by atoms with E-state index in [1.54, 1.807) is 4.57 Å². The number of rotatable bonds is 1. The van der Waals surface area contributed by atoms with E-state index >= 15 is 0 Å². The zero-order chi connectivity index (χ0) is 17.1. The molecule has 5 heteroatoms. The van der Waals surface area contributed by atoms with Gasteiger partial charge in [0, 0.05) is 11.0 Å². The van der Waals surface area contributed by atoms with Crippen molar-refractivity contribution in [3.63, 3.8) is 0 Å². The van der Waals surface area contributed by atoms with Gasteiger partial charge in [-0.25, -0.2) is 9.18 Å². The van der Waals surface area contributed by atoms with Crippen molar-refractivity contribution in [3.8, 4) is 0 Å². The van der Waals surface area contributed by atoms with E-state index in [4.69, 9.17) is 4.42 Å². The highest BCUT2D eigenvalue weighted by molar-refractivity contribution is 7.80. The highest BCUT2D eigenvalue weighted by Gasteiger charge is 2.34. The Morgan fingerprint density at radius 1 is 1.29 bits per heavy atom. The summed E-state index contributed by atoms with van der Waals surface area (Å²) >= 11 is 4.07. The van der Waals surface area contributed by atoms with E-state index in [9.17, 15) is 9.18 Å². The van der Waals surface area contributed by atoms with Gasteiger partial charge in [0.05, 0.1) is 11.6 Å². The molecule has 0 radical (unpaired) electrons. The Labute approximate surface area is 144 Å². The van der Waals surface area contributed by atoms with E-state index in [1.807, 2.05) is 12.1 Å². The molecule has 0 spiro atoms. The van der Waals surface area contributed by atoms with Crippen molar-refractivity contribution in [2.75, 3.05) is 0 Å². The molecule has 1 atom stereocenters. The van der Waals surface area contributed by atoms with Crippen LogP contribution in [0.5, 0.6) is 0 Å². The molecule has 1 aliphatic carbocycles. The summed E-state index contributed by atoms with van der Waals surface area (Å²) in [4.78, 5) is 12.7. The quantitative estimate of drug-likeness (QED) is 0.651. The highest BCUT2D eigenvalue weighted by Crippen LogP contribution is 2.43. The summed E-state index contributed by atoms with van der Waals surface area (Å²) in [5.41, 5.74) is 3.24. The van der Waals surface area contributed by atoms with Crippen LogP contribution in [0.2, 0.25) is 0 Å². The van der Waals surface area contributed by atoms with Crippen LogP contribution in [0.4, 0.5) is 4.39 Å². The monoisotopic (exact) mass is 343 g/mol. The van der Waals surface area contributed by atoms with E-state index < -0.39 is 11.6 Å². The van der Waals surface area contributed by atoms with Crippen LogP contribution in [0.3, 0.4) is 0 Å². The summed E-state index contributed by atoms with van der Waals surface area (Å²) in [7, 11) is 0. The molecule has 0 saturated carbocycles. The minimum atomic E-state index is -0.456. The van der Waals surface area contributed by atoms with E-state index in [2.05, 4.69) is 38.6 Å². The van der Waals surface area contributed by atoms with Crippen molar-refractivity contribution in [3.05, 3.63) is 63.9 Å². The average Bonchev–Trinajstić information content (AvgIpc) is 2.84. The van der Waals surface area contributed by atoms with Gasteiger partial charge in [-0.05, 0) is 35.4 Å². The fraction of sp³-hybridized carbons (Fsp3) is 0.316. The molecule has 0 amide bonds. The number of benzene rings is 2. The first-order valence-electron chi connectivity index (χ1n) is 8.01. The summed E-state index contributed by atoms with van der Waals surface area (Å²) < 4.78 is 20.9. The van der Waals surface area contributed by atoms with E-state index in [1.165, 1.54) is 17.7 Å². The first-order chi connectivity index (χ1) is 11.4. The molecule has 4 rings (SSSR count). The van der Waals surface area contributed by atoms with Gasteiger partial charge in [-0.3, -0.25) is 4.57 Å². The molecule has 0 N–H and O–H groups in total. The van der Waals surface area contributed by atoms with Gasteiger partial charge in [0.25, 0.3) is 0 Å². The van der Waals surface area contributed by atoms with Gasteiger partial charge in [-0.2, -0.15) is 0 Å². The Kier molecular flexibility index (Phi) is 3.39. The Balaban J connectivity index is 1.98. The SMILES string of the molecule is CC1(C)CCC(n2c(=O)oc3cc(S)c(F)cc32)c2ccccc21. The lowest BCUT2D eigenvalue weighted by Crippen LogP contribution is -2.32. The second-order valence-electron chi connectivity index (χ2n) is 7.03. The zero-order valence-electron chi connectivity index (χ0n) is 13.5. The van der Waals surface area contributed by atoms with Crippen LogP contribution in [-0.2, 0) is 5.41 Å². The van der Waals surface area contributed by atoms with Gasteiger partial charge < -0.3 is 4.42 Å². The second kappa shape index (κ2) is 5.24. The lowest BCUT2D eigenvalue weighted by molar-refractivity contribution is 0.356. The second-order valence-corrected chi connectivity index (χ2v) is 7.52. The maximum Gasteiger partial charge on any atom is 0.420 e. The number of nitrogens with zero attached hydrogens (tertiary/aromatic N) is 1. The van der Waals surface area contributed by atoms with Crippen molar-refractivity contribution >= 4 is 23.7 Å². The third-order valence-electron chi connectivity index (χ3n) is 5.09. The average molecular weight is 343 g/mol. The topological polar surface area (TPSA) is 35.1 Å². The molecule has 1 aromatic heterocycles. The Bertz CT molecular complexity index is 1000. The van der Waals surface area contributed by atoms with Crippen molar-refractivity contribution < 1.29 is 8.81 Å². The molecular formula is C19H18FNO2S. The number of fused-ring (bicyclic) bond motifs is 2. The van der Waals surface area contributed by atoms with E-state index in [0.717, 1.165) is 18.4 Å². The van der Waals surface area contributed by atoms with Crippen LogP contribution >= 0.6 is 12.6 Å². The smallest absolute Gasteiger partial charge is 0.408 e. The summed E-state index contributed by atoms with van der Waals surface area (Å²) in [6.45, 7) is 4.43. The molecule has 124 valence electrons. The molecular weight excluding hydrogens is 325 g/mol. The third kappa shape index (κ3) is 2.22. The van der Waals surface area contributed by atoms with Crippen LogP contribution in [-0.4, -0.2) is 4.57 Å². The normalized spacial score (nSPS) is 19.4. The largest absolute Gasteiger partial charge is 0.420 e. The number of hydrogen-bond acceptors (Lipinski definition) is 3. The summed E-state index contributed by atoms with van der Waals surface area (Å²) in [6, 6.07) is 10.8. The highest BCUT2D eigenvalue weighted by atomic mass is 32.1. The van der Waals surface area contributed by atoms with Crippen LogP contribution in [0.25, 0.3) is 11.1 Å². The summed E-state index contributed by atoms with van der Waals surface area (Å²) in [6.07, 6.45) is 1.75. The minimum Gasteiger partial charge on any atom is -0.408 e. The molecule has 3 nitrogen and oxygen atoms in total. The fourth-order valence-electron chi connectivity index (χ4n) is 3.80. The predicted molar refractivity (Wildman–Crippen MR) is 94.5 cm³/mol. The fourth-order valence-corrected chi connectivity index (χ4v) is 3.98. The summed E-state index contributed by atoms with van der Waals surface area (Å²) in [5.74, 6) is -0.910. The molecule has 24 heavy (non-hydrogen) atoms. The molecule has 0 aliphatic heterocycles. The van der Waals surface area contributed by atoms with Crippen LogP contribution in [0, 0.1) is 5.82 Å². The van der Waals surface area contributed by atoms with E-state index in [-0.39, 0.29) is 16.4 Å². The molecule has 1 unspecified atom stereocenters. The number of halogens is 1. The Hall–Kier alpha value is -2.01. The predicted octanol–water partition coefficient (Wildman–Crippen LogP) is 4.68. The van der Waals surface area contributed by atoms with Gasteiger partial charge in [-0.1, -0.05) is 38.1 Å². The van der Waals surface area contributed by atoms with Crippen LogP contribution in [0.15, 0.2) is 50.5 Å². The van der Waals surface area contributed by atoms with Crippen molar-refractivity contribution in [1.29, 1.82) is 0 Å². The Morgan fingerprint density at radius 2 is 2.04 bits per heavy atom. The number of thiol groups is 1. The Morgan fingerprint density at radius 3 is 2.83 bits per heavy atom. The van der Waals surface area contributed by atoms with Gasteiger partial charge in [0.2, 0.25) is 0 Å². The molecule has 1 aliphatic rings. The lowest BCUT2D eigenvalue weighted by atomic mass is 9.71. The molecule has 1 heterocycles. The van der Waals surface area contributed by atoms with Crippen LogP contribution < -0.4 is 5.76 Å². The molecule has 3 aromatic rings. The maximum absolute atomic E-state index is 14.0. The number of hydrogen-bond donors (Lipinski definition) is 1. The van der Waals surface area contributed by atoms with Crippen molar-refractivity contribution in [2.45, 2.75) is 43.0 Å². The third-order valence-corrected chi connectivity index (χ3v) is 5.43. The standard InChI is InChI=1S/C19H18FNO2S/c1-19(2)8-7-14(11-5-3-4-6-12(11)19)21-15-9-13(20)17(24)10-16(15)23-18(21)22/h3-6,9-10,14,24H,7-8H2,1-2H3. The van der Waals surface area contributed by atoms with Gasteiger partial charge in [0.15, 0.2) is 5.58 Å². The van der Waals surface area contributed by atoms with E-state index in [0.29, 0.717) is 11.1 Å². The molecule has 0 saturated heterocycles. The van der Waals surface area contributed by atoms with Crippen LogP contribution in [0.1, 0.15) is 43.9 Å². The lowest BCUT2D eigenvalue weighted by Gasteiger charge is -2.37.